The van der Waals surface area contributed by atoms with Crippen LogP contribution in [-0.2, 0) is 6.54 Å². The second-order valence-corrected chi connectivity index (χ2v) is 7.97. The molecule has 0 bridgehead atoms. The van der Waals surface area contributed by atoms with Crippen molar-refractivity contribution in [1.82, 2.24) is 9.55 Å². The fraction of sp³-hybridized carbons (Fsp3) is 0.269. The fourth-order valence-corrected chi connectivity index (χ4v) is 3.71. The molecule has 8 heteroatoms. The average molecular weight is 471 g/mol. The maximum atomic E-state index is 12.9. The summed E-state index contributed by atoms with van der Waals surface area (Å²) in [6.45, 7) is 5.76. The van der Waals surface area contributed by atoms with Crippen LogP contribution in [0.4, 0.5) is 13.2 Å². The van der Waals surface area contributed by atoms with Crippen molar-refractivity contribution in [2.24, 2.45) is 11.5 Å². The molecule has 0 atom stereocenters. The van der Waals surface area contributed by atoms with Gasteiger partial charge in [0.2, 0.25) is 0 Å². The molecule has 180 valence electrons. The second-order valence-electron chi connectivity index (χ2n) is 7.97. The molecule has 0 saturated heterocycles. The standard InChI is InChI=1S/C19H21F3N4O.C7H8/c1-2-12-6-7-14(16(10-12)27-19(20,21)22)17-15(11-24)26(9-8-23)18(25-17)13-4-3-5-13;1-7-5-3-2-4-6-7/h2,6-10,13H,1,3-5,11,23-24H2;2-6H,1H3/b9-8-;. The van der Waals surface area contributed by atoms with Gasteiger partial charge in [0.05, 0.1) is 11.4 Å². The van der Waals surface area contributed by atoms with Gasteiger partial charge in [-0.2, -0.15) is 0 Å². The highest BCUT2D eigenvalue weighted by Crippen LogP contribution is 2.41. The molecule has 5 nitrogen and oxygen atoms in total. The van der Waals surface area contributed by atoms with Crippen molar-refractivity contribution in [2.75, 3.05) is 0 Å². The summed E-state index contributed by atoms with van der Waals surface area (Å²) in [7, 11) is 0. The molecule has 1 heterocycles. The zero-order valence-corrected chi connectivity index (χ0v) is 19.1. The molecular weight excluding hydrogens is 441 g/mol. The second kappa shape index (κ2) is 11.1. The van der Waals surface area contributed by atoms with E-state index in [-0.39, 0.29) is 23.8 Å². The minimum atomic E-state index is -4.83. The molecule has 2 aromatic carbocycles. The Morgan fingerprint density at radius 2 is 1.88 bits per heavy atom. The molecule has 4 N–H and O–H groups in total. The molecule has 3 aromatic rings. The molecule has 0 amide bonds. The monoisotopic (exact) mass is 470 g/mol. The predicted molar refractivity (Wildman–Crippen MR) is 130 cm³/mol. The summed E-state index contributed by atoms with van der Waals surface area (Å²) in [5, 5.41) is 0. The van der Waals surface area contributed by atoms with Crippen molar-refractivity contribution in [3.8, 4) is 17.0 Å². The fourth-order valence-electron chi connectivity index (χ4n) is 3.71. The van der Waals surface area contributed by atoms with Crippen LogP contribution in [0.1, 0.15) is 47.8 Å². The molecule has 4 rings (SSSR count). The Morgan fingerprint density at radius 3 is 2.35 bits per heavy atom. The van der Waals surface area contributed by atoms with Gasteiger partial charge in [-0.3, -0.25) is 0 Å². The van der Waals surface area contributed by atoms with Gasteiger partial charge in [0.1, 0.15) is 11.6 Å². The van der Waals surface area contributed by atoms with Crippen LogP contribution >= 0.6 is 0 Å². The highest BCUT2D eigenvalue weighted by atomic mass is 19.4. The molecule has 1 saturated carbocycles. The van der Waals surface area contributed by atoms with Gasteiger partial charge >= 0.3 is 6.36 Å². The number of aromatic nitrogens is 2. The van der Waals surface area contributed by atoms with Crippen LogP contribution in [0.25, 0.3) is 23.5 Å². The summed E-state index contributed by atoms with van der Waals surface area (Å²) in [6.07, 6.45) is 2.66. The first-order chi connectivity index (χ1) is 16.3. The molecule has 1 aromatic heterocycles. The topological polar surface area (TPSA) is 79.1 Å². The van der Waals surface area contributed by atoms with E-state index >= 15 is 0 Å². The normalized spacial score (nSPS) is 13.8. The third-order valence-corrected chi connectivity index (χ3v) is 5.60. The van der Waals surface area contributed by atoms with E-state index in [0.717, 1.165) is 25.1 Å². The van der Waals surface area contributed by atoms with Crippen LogP contribution in [0.15, 0.2) is 61.3 Å². The summed E-state index contributed by atoms with van der Waals surface area (Å²) in [5.41, 5.74) is 14.5. The van der Waals surface area contributed by atoms with E-state index < -0.39 is 6.36 Å². The highest BCUT2D eigenvalue weighted by Gasteiger charge is 2.34. The van der Waals surface area contributed by atoms with Crippen LogP contribution in [-0.4, -0.2) is 15.9 Å². The van der Waals surface area contributed by atoms with E-state index in [9.17, 15) is 13.2 Å². The van der Waals surface area contributed by atoms with Crippen molar-refractivity contribution in [1.29, 1.82) is 0 Å². The molecule has 1 aliphatic carbocycles. The zero-order chi connectivity index (χ0) is 24.7. The molecule has 0 unspecified atom stereocenters. The predicted octanol–water partition coefficient (Wildman–Crippen LogP) is 6.20. The molecule has 0 radical (unpaired) electrons. The van der Waals surface area contributed by atoms with E-state index in [1.807, 2.05) is 18.2 Å². The number of halogens is 3. The number of nitrogens with two attached hydrogens (primary N) is 2. The number of benzene rings is 2. The molecule has 0 aliphatic heterocycles. The lowest BCUT2D eigenvalue weighted by atomic mass is 9.85. The summed E-state index contributed by atoms with van der Waals surface area (Å²) < 4.78 is 44.8. The van der Waals surface area contributed by atoms with Gasteiger partial charge in [-0.25, -0.2) is 4.98 Å². The van der Waals surface area contributed by atoms with E-state index in [2.05, 4.69) is 35.4 Å². The van der Waals surface area contributed by atoms with Gasteiger partial charge in [-0.15, -0.1) is 13.2 Å². The Morgan fingerprint density at radius 1 is 1.18 bits per heavy atom. The maximum absolute atomic E-state index is 12.9. The first kappa shape index (κ1) is 25.1. The van der Waals surface area contributed by atoms with Crippen molar-refractivity contribution in [3.05, 3.63) is 84.0 Å². The number of rotatable bonds is 6. The minimum Gasteiger partial charge on any atom is -0.405 e. The molecule has 1 fully saturated rings. The van der Waals surface area contributed by atoms with Crippen LogP contribution < -0.4 is 16.2 Å². The lowest BCUT2D eigenvalue weighted by molar-refractivity contribution is -0.274. The molecule has 1 aliphatic rings. The highest BCUT2D eigenvalue weighted by molar-refractivity contribution is 5.73. The summed E-state index contributed by atoms with van der Waals surface area (Å²) in [6, 6.07) is 14.8. The number of hydrogen-bond acceptors (Lipinski definition) is 4. The smallest absolute Gasteiger partial charge is 0.405 e. The largest absolute Gasteiger partial charge is 0.573 e. The van der Waals surface area contributed by atoms with Crippen molar-refractivity contribution in [2.45, 2.75) is 45.0 Å². The minimum absolute atomic E-state index is 0.0913. The number of imidazole rings is 1. The van der Waals surface area contributed by atoms with Crippen LogP contribution in [0.2, 0.25) is 0 Å². The quantitative estimate of drug-likeness (QED) is 0.450. The summed E-state index contributed by atoms with van der Waals surface area (Å²) in [5.74, 6) is 0.653. The van der Waals surface area contributed by atoms with Crippen molar-refractivity contribution < 1.29 is 17.9 Å². The van der Waals surface area contributed by atoms with E-state index in [1.54, 1.807) is 22.9 Å². The molecular formula is C26H29F3N4O. The average Bonchev–Trinajstić information content (AvgIpc) is 3.10. The van der Waals surface area contributed by atoms with Crippen LogP contribution in [0, 0.1) is 6.92 Å². The van der Waals surface area contributed by atoms with Crippen LogP contribution in [0.3, 0.4) is 0 Å². The van der Waals surface area contributed by atoms with Gasteiger partial charge in [-0.05, 0) is 37.5 Å². The Bertz CT molecular complexity index is 1130. The van der Waals surface area contributed by atoms with E-state index in [1.165, 1.54) is 23.9 Å². The summed E-state index contributed by atoms with van der Waals surface area (Å²) in [4.78, 5) is 4.64. The lowest BCUT2D eigenvalue weighted by Gasteiger charge is -2.24. The zero-order valence-electron chi connectivity index (χ0n) is 19.1. The van der Waals surface area contributed by atoms with Gasteiger partial charge in [0.15, 0.2) is 0 Å². The van der Waals surface area contributed by atoms with Gasteiger partial charge in [0.25, 0.3) is 0 Å². The maximum Gasteiger partial charge on any atom is 0.573 e. The first-order valence-corrected chi connectivity index (χ1v) is 11.0. The Hall–Kier alpha value is -3.52. The van der Waals surface area contributed by atoms with Gasteiger partial charge in [-0.1, -0.05) is 61.0 Å². The third kappa shape index (κ3) is 6.08. The molecule has 34 heavy (non-hydrogen) atoms. The van der Waals surface area contributed by atoms with Crippen LogP contribution in [0.5, 0.6) is 5.75 Å². The molecule has 0 spiro atoms. The Kier molecular flexibility index (Phi) is 8.17. The summed E-state index contributed by atoms with van der Waals surface area (Å²) >= 11 is 0. The van der Waals surface area contributed by atoms with E-state index in [0.29, 0.717) is 17.0 Å². The number of aryl methyl sites for hydroxylation is 1. The third-order valence-electron chi connectivity index (χ3n) is 5.60. The first-order valence-electron chi connectivity index (χ1n) is 11.0. The number of nitrogens with zero attached hydrogens (tertiary/aromatic N) is 2. The van der Waals surface area contributed by atoms with Gasteiger partial charge in [0, 0.05) is 30.4 Å². The SMILES string of the molecule is C=Cc1ccc(-c2nc(C3CCC3)n(/C=C\N)c2CN)c(OC(F)(F)F)c1.Cc1ccccc1. The van der Waals surface area contributed by atoms with Crippen molar-refractivity contribution in [3.63, 3.8) is 0 Å². The Balaban J connectivity index is 0.000000396. The van der Waals surface area contributed by atoms with Gasteiger partial charge < -0.3 is 20.8 Å². The number of ether oxygens (including phenoxy) is 1. The number of hydrogen-bond donors (Lipinski definition) is 2. The van der Waals surface area contributed by atoms with Crippen molar-refractivity contribution >= 4 is 12.3 Å². The Labute approximate surface area is 197 Å². The number of alkyl halides is 3. The van der Waals surface area contributed by atoms with E-state index in [4.69, 9.17) is 11.5 Å². The lowest BCUT2D eigenvalue weighted by Crippen LogP contribution is -2.18.